The Labute approximate surface area is 88.0 Å². The van der Waals surface area contributed by atoms with E-state index in [1.807, 2.05) is 24.3 Å². The van der Waals surface area contributed by atoms with Gasteiger partial charge in [0, 0.05) is 6.04 Å². The van der Waals surface area contributed by atoms with E-state index in [0.29, 0.717) is 0 Å². The van der Waals surface area contributed by atoms with Gasteiger partial charge in [0.2, 0.25) is 0 Å². The third-order valence-corrected chi connectivity index (χ3v) is 2.98. The van der Waals surface area contributed by atoms with Crippen molar-refractivity contribution in [2.45, 2.75) is 19.4 Å². The Bertz CT molecular complexity index is 284. The molecule has 0 bridgehead atoms. The van der Waals surface area contributed by atoms with Crippen LogP contribution in [0, 0.1) is 0 Å². The maximum Gasteiger partial charge on any atom is 0.317 e. The van der Waals surface area contributed by atoms with Gasteiger partial charge in [-0.05, 0) is 42.8 Å². The first kappa shape index (κ1) is 11.2. The van der Waals surface area contributed by atoms with Crippen LogP contribution in [0.2, 0.25) is 0 Å². The summed E-state index contributed by atoms with van der Waals surface area (Å²) in [5.74, 6) is -0.773. The molecular formula is C10H15NO2S. The summed E-state index contributed by atoms with van der Waals surface area (Å²) in [4.78, 5) is 12.3. The molecular weight excluding hydrogens is 198 g/mol. The van der Waals surface area contributed by atoms with Crippen LogP contribution in [-0.4, -0.2) is 35.6 Å². The molecule has 1 rings (SSSR count). The quantitative estimate of drug-likeness (QED) is 0.809. The van der Waals surface area contributed by atoms with E-state index in [2.05, 4.69) is 11.4 Å². The van der Waals surface area contributed by atoms with Crippen LogP contribution < -0.4 is 0 Å². The van der Waals surface area contributed by atoms with Crippen LogP contribution in [0.1, 0.15) is 12.5 Å². The highest BCUT2D eigenvalue weighted by atomic mass is 32.1. The van der Waals surface area contributed by atoms with Gasteiger partial charge in [-0.25, -0.2) is 0 Å². The molecule has 0 aliphatic heterocycles. The number of thiophene rings is 1. The average Bonchev–Trinajstić information content (AvgIpc) is 2.55. The molecule has 0 spiro atoms. The van der Waals surface area contributed by atoms with Crippen LogP contribution in [0.25, 0.3) is 0 Å². The summed E-state index contributed by atoms with van der Waals surface area (Å²) < 4.78 is 0. The lowest BCUT2D eigenvalue weighted by Crippen LogP contribution is -2.35. The fourth-order valence-electron chi connectivity index (χ4n) is 1.27. The van der Waals surface area contributed by atoms with Gasteiger partial charge in [0.15, 0.2) is 0 Å². The molecule has 0 aliphatic rings. The standard InChI is InChI=1S/C10H15NO2S/c1-8(11(2)6-10(12)13)5-9-3-4-14-7-9/h3-4,7-8H,5-6H2,1-2H3,(H,12,13)/t8-/m0/s1. The molecule has 0 fully saturated rings. The van der Waals surface area contributed by atoms with Crippen molar-refractivity contribution in [3.8, 4) is 0 Å². The fraction of sp³-hybridized carbons (Fsp3) is 0.500. The third-order valence-electron chi connectivity index (χ3n) is 2.25. The first-order valence-corrected chi connectivity index (χ1v) is 5.47. The van der Waals surface area contributed by atoms with E-state index < -0.39 is 5.97 Å². The predicted molar refractivity (Wildman–Crippen MR) is 57.8 cm³/mol. The minimum atomic E-state index is -0.773. The van der Waals surface area contributed by atoms with Crippen molar-refractivity contribution in [2.75, 3.05) is 13.6 Å². The Morgan fingerprint density at radius 2 is 2.43 bits per heavy atom. The van der Waals surface area contributed by atoms with Crippen molar-refractivity contribution in [1.29, 1.82) is 0 Å². The number of hydrogen-bond donors (Lipinski definition) is 1. The maximum absolute atomic E-state index is 10.5. The van der Waals surface area contributed by atoms with Crippen molar-refractivity contribution in [3.05, 3.63) is 22.4 Å². The SMILES string of the molecule is C[C@@H](Cc1ccsc1)N(C)CC(=O)O. The van der Waals surface area contributed by atoms with Crippen LogP contribution in [0.15, 0.2) is 16.8 Å². The minimum Gasteiger partial charge on any atom is -0.480 e. The molecule has 1 atom stereocenters. The Balaban J connectivity index is 2.41. The molecule has 0 unspecified atom stereocenters. The zero-order valence-electron chi connectivity index (χ0n) is 8.43. The number of carboxylic acids is 1. The summed E-state index contributed by atoms with van der Waals surface area (Å²) in [5.41, 5.74) is 1.28. The number of carbonyl (C=O) groups is 1. The summed E-state index contributed by atoms with van der Waals surface area (Å²) in [7, 11) is 1.84. The molecule has 1 aromatic heterocycles. The molecule has 1 heterocycles. The van der Waals surface area contributed by atoms with E-state index in [-0.39, 0.29) is 12.6 Å². The second-order valence-electron chi connectivity index (χ2n) is 3.49. The van der Waals surface area contributed by atoms with Gasteiger partial charge in [-0.3, -0.25) is 9.69 Å². The van der Waals surface area contributed by atoms with Crippen LogP contribution in [-0.2, 0) is 11.2 Å². The van der Waals surface area contributed by atoms with Gasteiger partial charge in [0.25, 0.3) is 0 Å². The van der Waals surface area contributed by atoms with E-state index in [0.717, 1.165) is 6.42 Å². The van der Waals surface area contributed by atoms with Crippen molar-refractivity contribution < 1.29 is 9.90 Å². The molecule has 3 nitrogen and oxygen atoms in total. The number of rotatable bonds is 5. The largest absolute Gasteiger partial charge is 0.480 e. The van der Waals surface area contributed by atoms with Gasteiger partial charge in [0.05, 0.1) is 6.54 Å². The Morgan fingerprint density at radius 3 is 2.93 bits per heavy atom. The van der Waals surface area contributed by atoms with Gasteiger partial charge in [-0.15, -0.1) is 0 Å². The zero-order valence-corrected chi connectivity index (χ0v) is 9.25. The van der Waals surface area contributed by atoms with Gasteiger partial charge in [-0.2, -0.15) is 11.3 Å². The smallest absolute Gasteiger partial charge is 0.317 e. The van der Waals surface area contributed by atoms with Crippen molar-refractivity contribution in [2.24, 2.45) is 0 Å². The Kier molecular flexibility index (Phi) is 4.10. The topological polar surface area (TPSA) is 40.5 Å². The highest BCUT2D eigenvalue weighted by molar-refractivity contribution is 7.07. The summed E-state index contributed by atoms with van der Waals surface area (Å²) in [5, 5.41) is 12.8. The lowest BCUT2D eigenvalue weighted by Gasteiger charge is -2.22. The average molecular weight is 213 g/mol. The highest BCUT2D eigenvalue weighted by Gasteiger charge is 2.12. The van der Waals surface area contributed by atoms with E-state index in [1.54, 1.807) is 11.3 Å². The van der Waals surface area contributed by atoms with Crippen LogP contribution >= 0.6 is 11.3 Å². The molecule has 1 N–H and O–H groups in total. The lowest BCUT2D eigenvalue weighted by molar-refractivity contribution is -0.138. The molecule has 14 heavy (non-hydrogen) atoms. The van der Waals surface area contributed by atoms with Crippen molar-refractivity contribution in [3.63, 3.8) is 0 Å². The molecule has 0 amide bonds. The van der Waals surface area contributed by atoms with Crippen LogP contribution in [0.5, 0.6) is 0 Å². The van der Waals surface area contributed by atoms with E-state index >= 15 is 0 Å². The van der Waals surface area contributed by atoms with Crippen molar-refractivity contribution >= 4 is 17.3 Å². The molecule has 0 aliphatic carbocycles. The fourth-order valence-corrected chi connectivity index (χ4v) is 1.96. The monoisotopic (exact) mass is 213 g/mol. The predicted octanol–water partition coefficient (Wildman–Crippen LogP) is 1.70. The first-order chi connectivity index (χ1) is 6.59. The molecule has 0 saturated carbocycles. The zero-order chi connectivity index (χ0) is 10.6. The summed E-state index contributed by atoms with van der Waals surface area (Å²) in [6.45, 7) is 2.14. The first-order valence-electron chi connectivity index (χ1n) is 4.52. The molecule has 4 heteroatoms. The summed E-state index contributed by atoms with van der Waals surface area (Å²) in [6.07, 6.45) is 0.910. The Morgan fingerprint density at radius 1 is 1.71 bits per heavy atom. The van der Waals surface area contributed by atoms with Crippen molar-refractivity contribution in [1.82, 2.24) is 4.90 Å². The number of likely N-dealkylation sites (N-methyl/N-ethyl adjacent to an activating group) is 1. The Hall–Kier alpha value is -0.870. The number of carboxylic acid groups (broad SMARTS) is 1. The summed E-state index contributed by atoms with van der Waals surface area (Å²) >= 11 is 1.67. The summed E-state index contributed by atoms with van der Waals surface area (Å²) in [6, 6.07) is 2.34. The van der Waals surface area contributed by atoms with Gasteiger partial charge >= 0.3 is 5.97 Å². The number of nitrogens with zero attached hydrogens (tertiary/aromatic N) is 1. The molecule has 0 aromatic carbocycles. The van der Waals surface area contributed by atoms with Crippen LogP contribution in [0.4, 0.5) is 0 Å². The van der Waals surface area contributed by atoms with Crippen LogP contribution in [0.3, 0.4) is 0 Å². The van der Waals surface area contributed by atoms with E-state index in [9.17, 15) is 4.79 Å². The lowest BCUT2D eigenvalue weighted by atomic mass is 10.1. The molecule has 0 saturated heterocycles. The number of aliphatic carboxylic acids is 1. The third kappa shape index (κ3) is 3.47. The highest BCUT2D eigenvalue weighted by Crippen LogP contribution is 2.10. The molecule has 1 aromatic rings. The second-order valence-corrected chi connectivity index (χ2v) is 4.27. The minimum absolute atomic E-state index is 0.102. The van der Waals surface area contributed by atoms with E-state index in [1.165, 1.54) is 5.56 Å². The normalized spacial score (nSPS) is 13.1. The maximum atomic E-state index is 10.5. The van der Waals surface area contributed by atoms with Gasteiger partial charge in [-0.1, -0.05) is 0 Å². The van der Waals surface area contributed by atoms with Gasteiger partial charge in [0.1, 0.15) is 0 Å². The molecule has 0 radical (unpaired) electrons. The van der Waals surface area contributed by atoms with E-state index in [4.69, 9.17) is 5.11 Å². The second kappa shape index (κ2) is 5.12. The number of hydrogen-bond acceptors (Lipinski definition) is 3. The molecule has 78 valence electrons. The van der Waals surface area contributed by atoms with Gasteiger partial charge < -0.3 is 5.11 Å².